The second kappa shape index (κ2) is 4.37. The van der Waals surface area contributed by atoms with E-state index in [-0.39, 0.29) is 5.43 Å². The average Bonchev–Trinajstić information content (AvgIpc) is 2.07. The summed E-state index contributed by atoms with van der Waals surface area (Å²) < 4.78 is 12.7. The fraction of sp³-hybridized carbons (Fsp3) is 0.444. The van der Waals surface area contributed by atoms with E-state index in [1.165, 1.54) is 6.07 Å². The van der Waals surface area contributed by atoms with Gasteiger partial charge in [-0.05, 0) is 6.92 Å². The molecule has 0 radical (unpaired) electrons. The third kappa shape index (κ3) is 3.14. The number of aromatic nitrogens is 1. The summed E-state index contributed by atoms with van der Waals surface area (Å²) in [6, 6.07) is 1.54. The third-order valence-corrected chi connectivity index (χ3v) is 2.56. The van der Waals surface area contributed by atoms with Crippen molar-refractivity contribution in [1.82, 2.24) is 4.57 Å². The van der Waals surface area contributed by atoms with Crippen LogP contribution in [0.2, 0.25) is 0 Å². The fourth-order valence-corrected chi connectivity index (χ4v) is 1.49. The Morgan fingerprint density at radius 1 is 1.54 bits per heavy atom. The van der Waals surface area contributed by atoms with Crippen LogP contribution in [-0.4, -0.2) is 20.8 Å². The number of aryl methyl sites for hydroxylation is 2. The zero-order chi connectivity index (χ0) is 9.84. The lowest BCUT2D eigenvalue weighted by atomic mass is 10.3. The van der Waals surface area contributed by atoms with Gasteiger partial charge < -0.3 is 4.57 Å². The van der Waals surface area contributed by atoms with Gasteiger partial charge >= 0.3 is 0 Å². The van der Waals surface area contributed by atoms with E-state index in [1.807, 2.05) is 4.57 Å². The molecule has 4 heteroatoms. The number of hydrogen-bond acceptors (Lipinski definition) is 2. The molecule has 13 heavy (non-hydrogen) atoms. The minimum Gasteiger partial charge on any atom is -0.353 e. The molecule has 0 N–H and O–H groups in total. The van der Waals surface area contributed by atoms with Crippen molar-refractivity contribution in [3.63, 3.8) is 0 Å². The first kappa shape index (κ1) is 10.2. The Morgan fingerprint density at radius 2 is 2.23 bits per heavy atom. The molecular weight excluding hydrogens is 186 g/mol. The molecule has 1 rings (SSSR count). The highest BCUT2D eigenvalue weighted by Crippen LogP contribution is 1.91. The van der Waals surface area contributed by atoms with Gasteiger partial charge in [-0.1, -0.05) is 0 Å². The van der Waals surface area contributed by atoms with Gasteiger partial charge in [-0.3, -0.25) is 9.00 Å². The fourth-order valence-electron chi connectivity index (χ4n) is 1.02. The van der Waals surface area contributed by atoms with Crippen LogP contribution < -0.4 is 5.43 Å². The van der Waals surface area contributed by atoms with Crippen LogP contribution in [0.3, 0.4) is 0 Å². The summed E-state index contributed by atoms with van der Waals surface area (Å²) in [5.74, 6) is 0.627. The van der Waals surface area contributed by atoms with E-state index in [1.54, 1.807) is 25.6 Å². The van der Waals surface area contributed by atoms with Crippen molar-refractivity contribution < 1.29 is 4.21 Å². The van der Waals surface area contributed by atoms with Gasteiger partial charge in [0.15, 0.2) is 5.43 Å². The molecule has 1 aromatic rings. The monoisotopic (exact) mass is 199 g/mol. The van der Waals surface area contributed by atoms with Gasteiger partial charge in [0.05, 0.1) is 0 Å². The van der Waals surface area contributed by atoms with Gasteiger partial charge in [-0.2, -0.15) is 0 Å². The number of hydrogen-bond donors (Lipinski definition) is 0. The van der Waals surface area contributed by atoms with E-state index in [4.69, 9.17) is 0 Å². The van der Waals surface area contributed by atoms with Crippen LogP contribution in [0.4, 0.5) is 0 Å². The van der Waals surface area contributed by atoms with Crippen molar-refractivity contribution in [1.29, 1.82) is 0 Å². The van der Waals surface area contributed by atoms with Crippen LogP contribution in [0.1, 0.15) is 5.56 Å². The number of rotatable bonds is 3. The largest absolute Gasteiger partial charge is 0.353 e. The van der Waals surface area contributed by atoms with Crippen LogP contribution in [0, 0.1) is 6.92 Å². The summed E-state index contributed by atoms with van der Waals surface area (Å²) in [5, 5.41) is 0. The minimum atomic E-state index is -0.777. The SMILES string of the molecule is Cc1cn(CCS(C)=O)ccc1=O. The number of nitrogens with zero attached hydrogens (tertiary/aromatic N) is 1. The normalized spacial score (nSPS) is 12.8. The molecule has 0 saturated carbocycles. The zero-order valence-corrected chi connectivity index (χ0v) is 8.63. The maximum atomic E-state index is 11.0. The molecule has 0 spiro atoms. The summed E-state index contributed by atoms with van der Waals surface area (Å²) in [7, 11) is -0.777. The lowest BCUT2D eigenvalue weighted by molar-refractivity contribution is 0.676. The molecule has 0 amide bonds. The molecule has 0 saturated heterocycles. The number of pyridine rings is 1. The first-order valence-corrected chi connectivity index (χ1v) is 5.79. The van der Waals surface area contributed by atoms with Gasteiger partial charge in [-0.15, -0.1) is 0 Å². The second-order valence-electron chi connectivity index (χ2n) is 3.01. The summed E-state index contributed by atoms with van der Waals surface area (Å²) in [4.78, 5) is 11.0. The Bertz CT molecular complexity index is 370. The molecule has 0 aliphatic rings. The topological polar surface area (TPSA) is 39.1 Å². The predicted molar refractivity (Wildman–Crippen MR) is 54.4 cm³/mol. The van der Waals surface area contributed by atoms with Crippen molar-refractivity contribution in [2.45, 2.75) is 13.5 Å². The highest BCUT2D eigenvalue weighted by molar-refractivity contribution is 7.84. The average molecular weight is 199 g/mol. The van der Waals surface area contributed by atoms with Crippen molar-refractivity contribution in [3.8, 4) is 0 Å². The standard InChI is InChI=1S/C9H13NO2S/c1-8-7-10(4-3-9(8)11)5-6-13(2)12/h3-4,7H,5-6H2,1-2H3. The highest BCUT2D eigenvalue weighted by atomic mass is 32.2. The Hall–Kier alpha value is -0.900. The maximum absolute atomic E-state index is 11.0. The molecule has 1 aromatic heterocycles. The van der Waals surface area contributed by atoms with E-state index < -0.39 is 10.8 Å². The van der Waals surface area contributed by atoms with Crippen molar-refractivity contribution in [3.05, 3.63) is 34.2 Å². The lowest BCUT2D eigenvalue weighted by Gasteiger charge is -2.04. The molecule has 1 atom stereocenters. The predicted octanol–water partition coefficient (Wildman–Crippen LogP) is 0.535. The Balaban J connectivity index is 2.74. The molecule has 0 aromatic carbocycles. The van der Waals surface area contributed by atoms with Crippen LogP contribution >= 0.6 is 0 Å². The summed E-state index contributed by atoms with van der Waals surface area (Å²) in [6.45, 7) is 2.48. The van der Waals surface area contributed by atoms with Crippen LogP contribution in [0.25, 0.3) is 0 Å². The van der Waals surface area contributed by atoms with Crippen molar-refractivity contribution in [2.75, 3.05) is 12.0 Å². The molecule has 0 aliphatic carbocycles. The van der Waals surface area contributed by atoms with E-state index in [2.05, 4.69) is 0 Å². The van der Waals surface area contributed by atoms with Gasteiger partial charge in [0.25, 0.3) is 0 Å². The molecule has 0 fully saturated rings. The summed E-state index contributed by atoms with van der Waals surface area (Å²) in [5.41, 5.74) is 0.776. The van der Waals surface area contributed by atoms with E-state index in [0.29, 0.717) is 12.3 Å². The van der Waals surface area contributed by atoms with Crippen LogP contribution in [0.15, 0.2) is 23.3 Å². The first-order valence-electron chi connectivity index (χ1n) is 4.06. The molecule has 1 heterocycles. The Kier molecular flexibility index (Phi) is 3.42. The van der Waals surface area contributed by atoms with Crippen LogP contribution in [0.5, 0.6) is 0 Å². The van der Waals surface area contributed by atoms with Crippen LogP contribution in [-0.2, 0) is 17.3 Å². The van der Waals surface area contributed by atoms with Crippen molar-refractivity contribution >= 4 is 10.8 Å². The van der Waals surface area contributed by atoms with Gasteiger partial charge in [0.2, 0.25) is 0 Å². The van der Waals surface area contributed by atoms with Gasteiger partial charge in [-0.25, -0.2) is 0 Å². The Morgan fingerprint density at radius 3 is 2.77 bits per heavy atom. The second-order valence-corrected chi connectivity index (χ2v) is 4.56. The molecule has 1 unspecified atom stereocenters. The Labute approximate surface area is 79.9 Å². The van der Waals surface area contributed by atoms with E-state index >= 15 is 0 Å². The van der Waals surface area contributed by atoms with Gasteiger partial charge in [0, 0.05) is 53.4 Å². The highest BCUT2D eigenvalue weighted by Gasteiger charge is 1.95. The molecule has 72 valence electrons. The molecule has 0 bridgehead atoms. The molecule has 0 aliphatic heterocycles. The van der Waals surface area contributed by atoms with Crippen molar-refractivity contribution in [2.24, 2.45) is 0 Å². The summed E-state index contributed by atoms with van der Waals surface area (Å²) in [6.07, 6.45) is 5.19. The first-order chi connectivity index (χ1) is 6.09. The zero-order valence-electron chi connectivity index (χ0n) is 7.82. The quantitative estimate of drug-likeness (QED) is 0.712. The summed E-state index contributed by atoms with van der Waals surface area (Å²) >= 11 is 0. The minimum absolute atomic E-state index is 0.0499. The lowest BCUT2D eigenvalue weighted by Crippen LogP contribution is -2.11. The third-order valence-electron chi connectivity index (χ3n) is 1.80. The smallest absolute Gasteiger partial charge is 0.184 e. The van der Waals surface area contributed by atoms with E-state index in [9.17, 15) is 9.00 Å². The maximum Gasteiger partial charge on any atom is 0.184 e. The molecular formula is C9H13NO2S. The van der Waals surface area contributed by atoms with E-state index in [0.717, 1.165) is 5.56 Å². The molecule has 3 nitrogen and oxygen atoms in total. The van der Waals surface area contributed by atoms with Gasteiger partial charge in [0.1, 0.15) is 0 Å².